The van der Waals surface area contributed by atoms with Crippen LogP contribution in [0.5, 0.6) is 5.75 Å². The molecule has 0 saturated heterocycles. The highest BCUT2D eigenvalue weighted by Gasteiger charge is 2.19. The Morgan fingerprint density at radius 1 is 1.60 bits per heavy atom. The number of hydrogen-bond acceptors (Lipinski definition) is 5. The van der Waals surface area contributed by atoms with Crippen LogP contribution in [0.15, 0.2) is 23.2 Å². The van der Waals surface area contributed by atoms with Crippen molar-refractivity contribution < 1.29 is 14.5 Å². The summed E-state index contributed by atoms with van der Waals surface area (Å²) in [7, 11) is 1.34. The van der Waals surface area contributed by atoms with Crippen molar-refractivity contribution in [2.24, 2.45) is 4.99 Å². The van der Waals surface area contributed by atoms with E-state index in [4.69, 9.17) is 4.74 Å². The molecular weight excluding hydrogens is 200 g/mol. The summed E-state index contributed by atoms with van der Waals surface area (Å²) >= 11 is 0. The molecule has 0 N–H and O–H groups in total. The third kappa shape index (κ3) is 2.38. The number of ether oxygens (including phenoxy) is 1. The molecule has 0 amide bonds. The number of benzene rings is 1. The molecule has 0 saturated carbocycles. The lowest BCUT2D eigenvalue weighted by Gasteiger charge is -2.03. The average Bonchev–Trinajstić information content (AvgIpc) is 2.25. The van der Waals surface area contributed by atoms with Crippen molar-refractivity contribution in [3.05, 3.63) is 33.9 Å². The van der Waals surface area contributed by atoms with E-state index in [1.165, 1.54) is 25.3 Å². The molecule has 0 fully saturated rings. The second-order valence-electron chi connectivity index (χ2n) is 2.63. The number of hydrogen-bond donors (Lipinski definition) is 0. The summed E-state index contributed by atoms with van der Waals surface area (Å²) in [5.74, 6) is 0.151. The van der Waals surface area contributed by atoms with Crippen molar-refractivity contribution in [2.45, 2.75) is 6.54 Å². The zero-order chi connectivity index (χ0) is 11.3. The Kier molecular flexibility index (Phi) is 3.54. The fraction of sp³-hybridized carbons (Fsp3) is 0.222. The Morgan fingerprint density at radius 3 is 2.87 bits per heavy atom. The molecule has 0 heterocycles. The minimum Gasteiger partial charge on any atom is -0.490 e. The predicted octanol–water partition coefficient (Wildman–Crippen LogP) is 1.44. The van der Waals surface area contributed by atoms with Crippen molar-refractivity contribution in [1.82, 2.24) is 0 Å². The number of isocyanates is 1. The molecule has 0 aromatic heterocycles. The van der Waals surface area contributed by atoms with Crippen LogP contribution in [0.4, 0.5) is 5.69 Å². The zero-order valence-electron chi connectivity index (χ0n) is 7.97. The number of aliphatic imine (C=N–C) groups is 1. The summed E-state index contributed by atoms with van der Waals surface area (Å²) in [4.78, 5) is 23.4. The van der Waals surface area contributed by atoms with Gasteiger partial charge in [0.1, 0.15) is 0 Å². The summed E-state index contributed by atoms with van der Waals surface area (Å²) in [6.45, 7) is -0.0724. The summed E-state index contributed by atoms with van der Waals surface area (Å²) in [6.07, 6.45) is 1.33. The maximum Gasteiger partial charge on any atom is 0.315 e. The number of methoxy groups -OCH3 is 1. The first-order chi connectivity index (χ1) is 7.20. The molecule has 0 spiro atoms. The van der Waals surface area contributed by atoms with Gasteiger partial charge in [-0.25, -0.2) is 9.79 Å². The first-order valence-corrected chi connectivity index (χ1v) is 4.04. The van der Waals surface area contributed by atoms with Gasteiger partial charge in [-0.1, -0.05) is 6.07 Å². The minimum absolute atomic E-state index is 0.0724. The summed E-state index contributed by atoms with van der Waals surface area (Å²) in [6, 6.07) is 4.59. The Bertz CT molecular complexity index is 424. The number of rotatable bonds is 4. The van der Waals surface area contributed by atoms with Gasteiger partial charge in [0.2, 0.25) is 6.08 Å². The van der Waals surface area contributed by atoms with Crippen LogP contribution in [0, 0.1) is 10.1 Å². The van der Waals surface area contributed by atoms with E-state index in [1.807, 2.05) is 0 Å². The molecule has 15 heavy (non-hydrogen) atoms. The van der Waals surface area contributed by atoms with E-state index in [0.29, 0.717) is 5.56 Å². The van der Waals surface area contributed by atoms with Crippen LogP contribution in [-0.4, -0.2) is 18.1 Å². The van der Waals surface area contributed by atoms with E-state index in [9.17, 15) is 14.9 Å². The van der Waals surface area contributed by atoms with Crippen LogP contribution in [0.2, 0.25) is 0 Å². The number of nitro groups is 1. The van der Waals surface area contributed by atoms with Gasteiger partial charge < -0.3 is 4.74 Å². The maximum atomic E-state index is 10.7. The molecular formula is C9H8N2O4. The highest BCUT2D eigenvalue weighted by atomic mass is 16.6. The van der Waals surface area contributed by atoms with Crippen LogP contribution >= 0.6 is 0 Å². The van der Waals surface area contributed by atoms with Crippen molar-refractivity contribution in [2.75, 3.05) is 7.11 Å². The Hall–Kier alpha value is -2.20. The van der Waals surface area contributed by atoms with E-state index in [1.54, 1.807) is 6.07 Å². The fourth-order valence-corrected chi connectivity index (χ4v) is 1.18. The first-order valence-electron chi connectivity index (χ1n) is 4.04. The van der Waals surface area contributed by atoms with Gasteiger partial charge in [0.05, 0.1) is 24.1 Å². The lowest BCUT2D eigenvalue weighted by atomic mass is 10.1. The number of para-hydroxylation sites is 1. The minimum atomic E-state index is -0.561. The van der Waals surface area contributed by atoms with E-state index < -0.39 is 4.92 Å². The van der Waals surface area contributed by atoms with Crippen molar-refractivity contribution in [3.63, 3.8) is 0 Å². The molecule has 6 nitrogen and oxygen atoms in total. The van der Waals surface area contributed by atoms with Gasteiger partial charge in [-0.05, 0) is 12.1 Å². The molecule has 1 aromatic rings. The number of nitro benzene ring substituents is 1. The normalized spacial score (nSPS) is 9.13. The van der Waals surface area contributed by atoms with Crippen LogP contribution in [0.25, 0.3) is 0 Å². The van der Waals surface area contributed by atoms with Crippen molar-refractivity contribution in [1.29, 1.82) is 0 Å². The van der Waals surface area contributed by atoms with Gasteiger partial charge in [-0.2, -0.15) is 0 Å². The van der Waals surface area contributed by atoms with Gasteiger partial charge in [0, 0.05) is 0 Å². The largest absolute Gasteiger partial charge is 0.490 e. The topological polar surface area (TPSA) is 81.8 Å². The maximum absolute atomic E-state index is 10.7. The van der Waals surface area contributed by atoms with E-state index in [2.05, 4.69) is 4.99 Å². The molecule has 0 unspecified atom stereocenters. The highest BCUT2D eigenvalue weighted by molar-refractivity contribution is 5.53. The van der Waals surface area contributed by atoms with E-state index >= 15 is 0 Å². The van der Waals surface area contributed by atoms with Gasteiger partial charge in [0.25, 0.3) is 0 Å². The second kappa shape index (κ2) is 4.88. The van der Waals surface area contributed by atoms with Gasteiger partial charge in [0.15, 0.2) is 5.75 Å². The van der Waals surface area contributed by atoms with Crippen molar-refractivity contribution in [3.8, 4) is 5.75 Å². The molecule has 0 bridgehead atoms. The third-order valence-corrected chi connectivity index (χ3v) is 1.80. The Morgan fingerprint density at radius 2 is 2.33 bits per heavy atom. The molecule has 0 aliphatic carbocycles. The standard InChI is InChI=1S/C9H8N2O4/c1-15-8-4-2-3-7(5-10-6-12)9(8)11(13)14/h2-4H,5H2,1H3. The van der Waals surface area contributed by atoms with Crippen LogP contribution in [0.1, 0.15) is 5.56 Å². The molecule has 1 rings (SSSR count). The lowest BCUT2D eigenvalue weighted by Crippen LogP contribution is -1.98. The Labute approximate surface area is 85.3 Å². The molecule has 0 atom stereocenters. The summed E-state index contributed by atoms with van der Waals surface area (Å²) in [5, 5.41) is 10.7. The third-order valence-electron chi connectivity index (χ3n) is 1.80. The predicted molar refractivity (Wildman–Crippen MR) is 51.5 cm³/mol. The van der Waals surface area contributed by atoms with E-state index in [-0.39, 0.29) is 18.0 Å². The SMILES string of the molecule is COc1cccc(CN=C=O)c1[N+](=O)[O-]. The first kappa shape index (κ1) is 10.9. The molecule has 0 radical (unpaired) electrons. The van der Waals surface area contributed by atoms with Crippen molar-refractivity contribution >= 4 is 11.8 Å². The highest BCUT2D eigenvalue weighted by Crippen LogP contribution is 2.30. The molecule has 0 aliphatic heterocycles. The molecule has 78 valence electrons. The fourth-order valence-electron chi connectivity index (χ4n) is 1.18. The van der Waals surface area contributed by atoms with E-state index in [0.717, 1.165) is 0 Å². The monoisotopic (exact) mass is 208 g/mol. The lowest BCUT2D eigenvalue weighted by molar-refractivity contribution is -0.386. The molecule has 0 aliphatic rings. The molecule has 1 aromatic carbocycles. The second-order valence-corrected chi connectivity index (χ2v) is 2.63. The van der Waals surface area contributed by atoms with Gasteiger partial charge in [-0.3, -0.25) is 10.1 Å². The van der Waals surface area contributed by atoms with Gasteiger partial charge in [-0.15, -0.1) is 0 Å². The van der Waals surface area contributed by atoms with Gasteiger partial charge >= 0.3 is 5.69 Å². The Balaban J connectivity index is 3.24. The van der Waals surface area contributed by atoms with Crippen LogP contribution in [-0.2, 0) is 11.3 Å². The zero-order valence-corrected chi connectivity index (χ0v) is 7.97. The summed E-state index contributed by atoms with van der Waals surface area (Å²) in [5.41, 5.74) is 0.154. The quantitative estimate of drug-likeness (QED) is 0.324. The van der Waals surface area contributed by atoms with Crippen LogP contribution in [0.3, 0.4) is 0 Å². The summed E-state index contributed by atoms with van der Waals surface area (Å²) < 4.78 is 4.85. The molecule has 6 heteroatoms. The van der Waals surface area contributed by atoms with Crippen LogP contribution < -0.4 is 4.74 Å². The number of nitrogens with zero attached hydrogens (tertiary/aromatic N) is 2. The average molecular weight is 208 g/mol. The smallest absolute Gasteiger partial charge is 0.315 e. The number of carbonyl (C=O) groups excluding carboxylic acids is 1.